The number of aryl methyl sites for hydroxylation is 1. The molecule has 0 spiro atoms. The number of benzene rings is 2. The zero-order valence-electron chi connectivity index (χ0n) is 10.1. The summed E-state index contributed by atoms with van der Waals surface area (Å²) < 4.78 is 0. The van der Waals surface area contributed by atoms with Gasteiger partial charge in [-0.2, -0.15) is 4.98 Å². The van der Waals surface area contributed by atoms with E-state index in [1.54, 1.807) is 0 Å². The van der Waals surface area contributed by atoms with Crippen LogP contribution in [0, 0.1) is 0 Å². The molecule has 1 heterocycles. The van der Waals surface area contributed by atoms with Gasteiger partial charge in [-0.1, -0.05) is 31.2 Å². The SMILES string of the molecule is CCc1ccc2c(ccc3nc(N)nc(N)c32)c1. The van der Waals surface area contributed by atoms with Gasteiger partial charge in [0.25, 0.3) is 0 Å². The summed E-state index contributed by atoms with van der Waals surface area (Å²) in [6, 6.07) is 10.3. The summed E-state index contributed by atoms with van der Waals surface area (Å²) in [4.78, 5) is 8.25. The number of rotatable bonds is 1. The third kappa shape index (κ3) is 1.54. The Morgan fingerprint density at radius 1 is 1.06 bits per heavy atom. The molecule has 0 bridgehead atoms. The van der Waals surface area contributed by atoms with E-state index < -0.39 is 0 Å². The number of hydrogen-bond acceptors (Lipinski definition) is 4. The maximum Gasteiger partial charge on any atom is 0.222 e. The van der Waals surface area contributed by atoms with Gasteiger partial charge in [0.05, 0.1) is 10.9 Å². The minimum Gasteiger partial charge on any atom is -0.383 e. The molecule has 0 aliphatic heterocycles. The molecule has 4 heteroatoms. The van der Waals surface area contributed by atoms with Crippen LogP contribution >= 0.6 is 0 Å². The molecule has 0 atom stereocenters. The third-order valence-corrected chi connectivity index (χ3v) is 3.20. The number of anilines is 2. The predicted molar refractivity (Wildman–Crippen MR) is 75.2 cm³/mol. The Kier molecular flexibility index (Phi) is 2.30. The van der Waals surface area contributed by atoms with Gasteiger partial charge in [0, 0.05) is 0 Å². The Balaban J connectivity index is 2.46. The van der Waals surface area contributed by atoms with E-state index in [2.05, 4.69) is 35.1 Å². The van der Waals surface area contributed by atoms with E-state index in [4.69, 9.17) is 11.5 Å². The van der Waals surface area contributed by atoms with Crippen LogP contribution in [-0.2, 0) is 6.42 Å². The molecule has 0 aliphatic rings. The third-order valence-electron chi connectivity index (χ3n) is 3.20. The van der Waals surface area contributed by atoms with Gasteiger partial charge in [-0.05, 0) is 28.8 Å². The lowest BCUT2D eigenvalue weighted by atomic mass is 10.0. The normalized spacial score (nSPS) is 11.2. The van der Waals surface area contributed by atoms with E-state index in [9.17, 15) is 0 Å². The van der Waals surface area contributed by atoms with E-state index >= 15 is 0 Å². The highest BCUT2D eigenvalue weighted by molar-refractivity contribution is 6.11. The second kappa shape index (κ2) is 3.84. The average Bonchev–Trinajstić information content (AvgIpc) is 2.37. The summed E-state index contributed by atoms with van der Waals surface area (Å²) in [5.41, 5.74) is 13.7. The molecule has 0 amide bonds. The largest absolute Gasteiger partial charge is 0.383 e. The molecule has 3 aromatic rings. The molecule has 0 aliphatic carbocycles. The van der Waals surface area contributed by atoms with Gasteiger partial charge in [-0.15, -0.1) is 0 Å². The molecule has 3 rings (SSSR count). The molecule has 4 nitrogen and oxygen atoms in total. The monoisotopic (exact) mass is 238 g/mol. The fourth-order valence-electron chi connectivity index (χ4n) is 2.28. The summed E-state index contributed by atoms with van der Waals surface area (Å²) in [6.07, 6.45) is 1.02. The highest BCUT2D eigenvalue weighted by atomic mass is 15.0. The summed E-state index contributed by atoms with van der Waals surface area (Å²) in [5, 5.41) is 3.11. The van der Waals surface area contributed by atoms with Crippen LogP contribution in [0.15, 0.2) is 30.3 Å². The van der Waals surface area contributed by atoms with Crippen molar-refractivity contribution in [2.75, 3.05) is 11.5 Å². The highest BCUT2D eigenvalue weighted by Gasteiger charge is 2.07. The first-order chi connectivity index (χ1) is 8.69. The van der Waals surface area contributed by atoms with Gasteiger partial charge in [0.1, 0.15) is 5.82 Å². The molecule has 18 heavy (non-hydrogen) atoms. The number of nitrogen functional groups attached to an aromatic ring is 2. The van der Waals surface area contributed by atoms with Crippen molar-refractivity contribution in [3.8, 4) is 0 Å². The van der Waals surface area contributed by atoms with E-state index in [0.717, 1.165) is 28.1 Å². The van der Waals surface area contributed by atoms with E-state index in [1.807, 2.05) is 12.1 Å². The van der Waals surface area contributed by atoms with Gasteiger partial charge in [0.15, 0.2) is 0 Å². The molecule has 2 aromatic carbocycles. The van der Waals surface area contributed by atoms with Crippen molar-refractivity contribution in [2.45, 2.75) is 13.3 Å². The molecule has 1 aromatic heterocycles. The first-order valence-corrected chi connectivity index (χ1v) is 5.93. The number of aromatic nitrogens is 2. The van der Waals surface area contributed by atoms with Crippen LogP contribution in [0.2, 0.25) is 0 Å². The van der Waals surface area contributed by atoms with Crippen LogP contribution in [-0.4, -0.2) is 9.97 Å². The second-order valence-corrected chi connectivity index (χ2v) is 4.34. The topological polar surface area (TPSA) is 77.8 Å². The zero-order valence-corrected chi connectivity index (χ0v) is 10.1. The van der Waals surface area contributed by atoms with Gasteiger partial charge in [-0.25, -0.2) is 4.98 Å². The van der Waals surface area contributed by atoms with E-state index in [0.29, 0.717) is 5.82 Å². The van der Waals surface area contributed by atoms with E-state index in [-0.39, 0.29) is 5.95 Å². The van der Waals surface area contributed by atoms with Gasteiger partial charge in [-0.3, -0.25) is 0 Å². The number of nitrogens with two attached hydrogens (primary N) is 2. The number of hydrogen-bond donors (Lipinski definition) is 2. The van der Waals surface area contributed by atoms with Crippen molar-refractivity contribution in [1.29, 1.82) is 0 Å². The maximum absolute atomic E-state index is 5.96. The van der Waals surface area contributed by atoms with Gasteiger partial charge < -0.3 is 11.5 Å². The maximum atomic E-state index is 5.96. The van der Waals surface area contributed by atoms with Gasteiger partial charge in [0.2, 0.25) is 5.95 Å². The Labute approximate surface area is 105 Å². The quantitative estimate of drug-likeness (QED) is 0.638. The van der Waals surface area contributed by atoms with Crippen molar-refractivity contribution < 1.29 is 0 Å². The molecule has 0 saturated heterocycles. The Hall–Kier alpha value is -2.36. The molecule has 0 fully saturated rings. The summed E-state index contributed by atoms with van der Waals surface area (Å²) in [6.45, 7) is 2.14. The fraction of sp³-hybridized carbons (Fsp3) is 0.143. The van der Waals surface area contributed by atoms with E-state index in [1.165, 1.54) is 5.56 Å². The lowest BCUT2D eigenvalue weighted by Gasteiger charge is -2.07. The molecule has 0 saturated carbocycles. The first-order valence-electron chi connectivity index (χ1n) is 5.93. The van der Waals surface area contributed by atoms with Crippen molar-refractivity contribution in [3.63, 3.8) is 0 Å². The minimum absolute atomic E-state index is 0.213. The fourth-order valence-corrected chi connectivity index (χ4v) is 2.28. The smallest absolute Gasteiger partial charge is 0.222 e. The van der Waals surface area contributed by atoms with Crippen LogP contribution in [0.4, 0.5) is 11.8 Å². The number of fused-ring (bicyclic) bond motifs is 3. The zero-order chi connectivity index (χ0) is 12.7. The molecule has 90 valence electrons. The van der Waals surface area contributed by atoms with Crippen LogP contribution < -0.4 is 11.5 Å². The highest BCUT2D eigenvalue weighted by Crippen LogP contribution is 2.29. The van der Waals surface area contributed by atoms with Crippen molar-refractivity contribution in [3.05, 3.63) is 35.9 Å². The summed E-state index contributed by atoms with van der Waals surface area (Å²) in [7, 11) is 0. The summed E-state index contributed by atoms with van der Waals surface area (Å²) >= 11 is 0. The molecular formula is C14H14N4. The Bertz CT molecular complexity index is 749. The molecule has 4 N–H and O–H groups in total. The van der Waals surface area contributed by atoms with Crippen molar-refractivity contribution in [2.24, 2.45) is 0 Å². The Morgan fingerprint density at radius 2 is 1.89 bits per heavy atom. The van der Waals surface area contributed by atoms with Crippen LogP contribution in [0.3, 0.4) is 0 Å². The predicted octanol–water partition coefficient (Wildman–Crippen LogP) is 2.51. The number of nitrogens with zero attached hydrogens (tertiary/aromatic N) is 2. The van der Waals surface area contributed by atoms with Crippen molar-refractivity contribution in [1.82, 2.24) is 9.97 Å². The lowest BCUT2D eigenvalue weighted by molar-refractivity contribution is 1.15. The second-order valence-electron chi connectivity index (χ2n) is 4.34. The molecule has 0 radical (unpaired) electrons. The lowest BCUT2D eigenvalue weighted by Crippen LogP contribution is -2.00. The van der Waals surface area contributed by atoms with Crippen LogP contribution in [0.25, 0.3) is 21.7 Å². The molecule has 0 unspecified atom stereocenters. The standard InChI is InChI=1S/C14H14N4/c1-2-8-3-5-10-9(7-8)4-6-11-12(10)13(15)18-14(16)17-11/h3-7H,2H2,1H3,(H4,15,16,17,18). The van der Waals surface area contributed by atoms with Gasteiger partial charge >= 0.3 is 0 Å². The molecular weight excluding hydrogens is 224 g/mol. The first kappa shape index (κ1) is 10.8. The summed E-state index contributed by atoms with van der Waals surface area (Å²) in [5.74, 6) is 0.650. The van der Waals surface area contributed by atoms with Crippen molar-refractivity contribution >= 4 is 33.4 Å². The Morgan fingerprint density at radius 3 is 2.67 bits per heavy atom. The van der Waals surface area contributed by atoms with Crippen LogP contribution in [0.1, 0.15) is 12.5 Å². The minimum atomic E-state index is 0.213. The van der Waals surface area contributed by atoms with Crippen LogP contribution in [0.5, 0.6) is 0 Å². The average molecular weight is 238 g/mol.